The maximum Gasteiger partial charge on any atom is 0.143 e. The molecule has 3 nitrogen and oxygen atoms in total. The first kappa shape index (κ1) is 11.3. The standard InChI is InChI=1S/C10H14N2O.ClH/c1-10(2)7-11-6-8-9(13-10)4-3-5-12-8;/h3-5,11H,6-7H2,1-2H3;1H. The fourth-order valence-electron chi connectivity index (χ4n) is 1.46. The third-order valence-electron chi connectivity index (χ3n) is 2.08. The zero-order valence-electron chi connectivity index (χ0n) is 8.41. The molecule has 0 aromatic carbocycles. The van der Waals surface area contributed by atoms with Crippen LogP contribution in [0.1, 0.15) is 19.5 Å². The molecule has 14 heavy (non-hydrogen) atoms. The summed E-state index contributed by atoms with van der Waals surface area (Å²) >= 11 is 0. The summed E-state index contributed by atoms with van der Waals surface area (Å²) in [5, 5.41) is 3.31. The predicted octanol–water partition coefficient (Wildman–Crippen LogP) is 1.76. The van der Waals surface area contributed by atoms with Crippen molar-refractivity contribution < 1.29 is 4.74 Å². The van der Waals surface area contributed by atoms with Gasteiger partial charge in [-0.2, -0.15) is 0 Å². The molecule has 0 unspecified atom stereocenters. The SMILES string of the molecule is CC1(C)CNCc2ncccc2O1.Cl. The van der Waals surface area contributed by atoms with Gasteiger partial charge in [0, 0.05) is 19.3 Å². The lowest BCUT2D eigenvalue weighted by molar-refractivity contribution is 0.115. The van der Waals surface area contributed by atoms with E-state index < -0.39 is 0 Å². The molecule has 0 saturated heterocycles. The van der Waals surface area contributed by atoms with E-state index in [0.717, 1.165) is 24.5 Å². The zero-order chi connectivity index (χ0) is 9.31. The van der Waals surface area contributed by atoms with Gasteiger partial charge in [0.1, 0.15) is 11.4 Å². The molecular formula is C10H15ClN2O. The van der Waals surface area contributed by atoms with Gasteiger partial charge in [-0.3, -0.25) is 4.98 Å². The van der Waals surface area contributed by atoms with Crippen LogP contribution in [0.4, 0.5) is 0 Å². The highest BCUT2D eigenvalue weighted by atomic mass is 35.5. The fraction of sp³-hybridized carbons (Fsp3) is 0.500. The van der Waals surface area contributed by atoms with E-state index in [9.17, 15) is 0 Å². The van der Waals surface area contributed by atoms with Gasteiger partial charge in [-0.25, -0.2) is 0 Å². The number of hydrogen-bond donors (Lipinski definition) is 1. The fourth-order valence-corrected chi connectivity index (χ4v) is 1.46. The molecule has 1 aromatic heterocycles. The van der Waals surface area contributed by atoms with E-state index in [1.54, 1.807) is 6.20 Å². The minimum Gasteiger partial charge on any atom is -0.485 e. The van der Waals surface area contributed by atoms with Crippen molar-refractivity contribution in [2.45, 2.75) is 26.0 Å². The molecule has 0 amide bonds. The second-order valence-electron chi connectivity index (χ2n) is 3.91. The van der Waals surface area contributed by atoms with Crippen molar-refractivity contribution in [3.63, 3.8) is 0 Å². The van der Waals surface area contributed by atoms with Crippen LogP contribution in [-0.4, -0.2) is 17.1 Å². The van der Waals surface area contributed by atoms with E-state index in [1.807, 2.05) is 12.1 Å². The molecule has 0 fully saturated rings. The number of rotatable bonds is 0. The Kier molecular flexibility index (Phi) is 3.34. The van der Waals surface area contributed by atoms with Crippen LogP contribution in [0.25, 0.3) is 0 Å². The van der Waals surface area contributed by atoms with Gasteiger partial charge in [-0.15, -0.1) is 12.4 Å². The van der Waals surface area contributed by atoms with E-state index in [-0.39, 0.29) is 18.0 Å². The molecule has 2 rings (SSSR count). The van der Waals surface area contributed by atoms with Crippen molar-refractivity contribution in [1.29, 1.82) is 0 Å². The van der Waals surface area contributed by atoms with Gasteiger partial charge in [0.2, 0.25) is 0 Å². The topological polar surface area (TPSA) is 34.2 Å². The normalized spacial score (nSPS) is 18.4. The summed E-state index contributed by atoms with van der Waals surface area (Å²) in [4.78, 5) is 4.26. The third-order valence-corrected chi connectivity index (χ3v) is 2.08. The smallest absolute Gasteiger partial charge is 0.143 e. The van der Waals surface area contributed by atoms with Gasteiger partial charge < -0.3 is 10.1 Å². The highest BCUT2D eigenvalue weighted by Gasteiger charge is 2.24. The van der Waals surface area contributed by atoms with E-state index in [2.05, 4.69) is 24.1 Å². The Morgan fingerprint density at radius 2 is 2.29 bits per heavy atom. The highest BCUT2D eigenvalue weighted by molar-refractivity contribution is 5.85. The summed E-state index contributed by atoms with van der Waals surface area (Å²) in [6, 6.07) is 3.87. The lowest BCUT2D eigenvalue weighted by Crippen LogP contribution is -2.37. The van der Waals surface area contributed by atoms with Crippen LogP contribution in [0.5, 0.6) is 5.75 Å². The average Bonchev–Trinajstić information content (AvgIpc) is 2.21. The molecule has 0 bridgehead atoms. The van der Waals surface area contributed by atoms with Gasteiger partial charge in [0.05, 0.1) is 5.69 Å². The highest BCUT2D eigenvalue weighted by Crippen LogP contribution is 2.23. The zero-order valence-corrected chi connectivity index (χ0v) is 9.23. The van der Waals surface area contributed by atoms with Crippen molar-refractivity contribution in [2.24, 2.45) is 0 Å². The van der Waals surface area contributed by atoms with Crippen LogP contribution in [0.2, 0.25) is 0 Å². The summed E-state index contributed by atoms with van der Waals surface area (Å²) in [7, 11) is 0. The average molecular weight is 215 g/mol. The molecule has 0 radical (unpaired) electrons. The lowest BCUT2D eigenvalue weighted by Gasteiger charge is -2.23. The largest absolute Gasteiger partial charge is 0.485 e. The summed E-state index contributed by atoms with van der Waals surface area (Å²) in [5.41, 5.74) is 0.849. The molecule has 1 aromatic rings. The van der Waals surface area contributed by atoms with Gasteiger partial charge >= 0.3 is 0 Å². The van der Waals surface area contributed by atoms with Crippen molar-refractivity contribution >= 4 is 12.4 Å². The third kappa shape index (κ3) is 2.36. The molecule has 0 aliphatic carbocycles. The first-order chi connectivity index (χ1) is 6.17. The lowest BCUT2D eigenvalue weighted by atomic mass is 10.1. The van der Waals surface area contributed by atoms with Crippen molar-refractivity contribution in [3.05, 3.63) is 24.0 Å². The molecular weight excluding hydrogens is 200 g/mol. The van der Waals surface area contributed by atoms with Gasteiger partial charge in [0.25, 0.3) is 0 Å². The quantitative estimate of drug-likeness (QED) is 0.715. The minimum absolute atomic E-state index is 0. The number of hydrogen-bond acceptors (Lipinski definition) is 3. The molecule has 78 valence electrons. The van der Waals surface area contributed by atoms with Gasteiger partial charge in [-0.1, -0.05) is 0 Å². The van der Waals surface area contributed by atoms with Crippen molar-refractivity contribution in [1.82, 2.24) is 10.3 Å². The number of pyridine rings is 1. The number of ether oxygens (including phenoxy) is 1. The summed E-state index contributed by atoms with van der Waals surface area (Å²) in [6.07, 6.45) is 1.79. The Balaban J connectivity index is 0.000000980. The molecule has 1 N–H and O–H groups in total. The van der Waals surface area contributed by atoms with Crippen LogP contribution in [0.3, 0.4) is 0 Å². The van der Waals surface area contributed by atoms with Crippen molar-refractivity contribution in [3.8, 4) is 5.75 Å². The van der Waals surface area contributed by atoms with Crippen LogP contribution < -0.4 is 10.1 Å². The number of halogens is 1. The number of fused-ring (bicyclic) bond motifs is 1. The molecule has 0 atom stereocenters. The van der Waals surface area contributed by atoms with Crippen LogP contribution in [-0.2, 0) is 6.54 Å². The maximum absolute atomic E-state index is 5.82. The molecule has 1 aliphatic rings. The molecule has 0 spiro atoms. The minimum atomic E-state index is -0.145. The summed E-state index contributed by atoms with van der Waals surface area (Å²) < 4.78 is 5.82. The second-order valence-corrected chi connectivity index (χ2v) is 3.91. The van der Waals surface area contributed by atoms with Crippen LogP contribution in [0.15, 0.2) is 18.3 Å². The van der Waals surface area contributed by atoms with E-state index in [1.165, 1.54) is 0 Å². The van der Waals surface area contributed by atoms with E-state index in [0.29, 0.717) is 0 Å². The van der Waals surface area contributed by atoms with Gasteiger partial charge in [-0.05, 0) is 26.0 Å². The Labute approximate surface area is 90.3 Å². The van der Waals surface area contributed by atoms with Crippen LogP contribution >= 0.6 is 12.4 Å². The Morgan fingerprint density at radius 3 is 3.07 bits per heavy atom. The molecule has 1 aliphatic heterocycles. The predicted molar refractivity (Wildman–Crippen MR) is 57.9 cm³/mol. The monoisotopic (exact) mass is 214 g/mol. The Hall–Kier alpha value is -0.800. The second kappa shape index (κ2) is 4.15. The van der Waals surface area contributed by atoms with Crippen LogP contribution in [0, 0.1) is 0 Å². The summed E-state index contributed by atoms with van der Waals surface area (Å²) in [6.45, 7) is 5.78. The summed E-state index contributed by atoms with van der Waals surface area (Å²) in [5.74, 6) is 0.900. The number of nitrogens with one attached hydrogen (secondary N) is 1. The number of aromatic nitrogens is 1. The van der Waals surface area contributed by atoms with E-state index >= 15 is 0 Å². The first-order valence-electron chi connectivity index (χ1n) is 4.51. The van der Waals surface area contributed by atoms with E-state index in [4.69, 9.17) is 4.74 Å². The first-order valence-corrected chi connectivity index (χ1v) is 4.51. The van der Waals surface area contributed by atoms with Crippen molar-refractivity contribution in [2.75, 3.05) is 6.54 Å². The van der Waals surface area contributed by atoms with Gasteiger partial charge in [0.15, 0.2) is 0 Å². The number of nitrogens with zero attached hydrogens (tertiary/aromatic N) is 1. The maximum atomic E-state index is 5.82. The molecule has 4 heteroatoms. The molecule has 0 saturated carbocycles. The Bertz CT molecular complexity index is 315. The Morgan fingerprint density at radius 1 is 1.50 bits per heavy atom. The molecule has 2 heterocycles.